The van der Waals surface area contributed by atoms with Crippen molar-refractivity contribution in [2.24, 2.45) is 11.1 Å². The summed E-state index contributed by atoms with van der Waals surface area (Å²) in [5, 5.41) is 0. The summed E-state index contributed by atoms with van der Waals surface area (Å²) in [6.45, 7) is 5.20. The van der Waals surface area contributed by atoms with Crippen LogP contribution in [0.2, 0.25) is 0 Å². The molecule has 0 saturated carbocycles. The number of rotatable bonds is 4. The molecular formula is C11H18N4O. The topological polar surface area (TPSA) is 72.1 Å². The number of hydrogen-bond donors (Lipinski definition) is 1. The van der Waals surface area contributed by atoms with E-state index in [1.54, 1.807) is 11.9 Å². The molecule has 5 nitrogen and oxygen atoms in total. The van der Waals surface area contributed by atoms with Crippen LogP contribution in [0.3, 0.4) is 0 Å². The van der Waals surface area contributed by atoms with Gasteiger partial charge in [-0.2, -0.15) is 0 Å². The van der Waals surface area contributed by atoms with Gasteiger partial charge in [-0.1, -0.05) is 13.8 Å². The highest BCUT2D eigenvalue weighted by atomic mass is 16.2. The Morgan fingerprint density at radius 1 is 1.44 bits per heavy atom. The van der Waals surface area contributed by atoms with Gasteiger partial charge in [0.2, 0.25) is 0 Å². The van der Waals surface area contributed by atoms with Crippen LogP contribution in [0, 0.1) is 5.41 Å². The molecule has 2 N–H and O–H groups in total. The summed E-state index contributed by atoms with van der Waals surface area (Å²) in [5.74, 6) is -0.0814. The molecule has 16 heavy (non-hydrogen) atoms. The second-order valence-corrected chi connectivity index (χ2v) is 4.66. The van der Waals surface area contributed by atoms with Crippen LogP contribution in [-0.4, -0.2) is 40.9 Å². The molecule has 0 fully saturated rings. The molecule has 0 spiro atoms. The second kappa shape index (κ2) is 5.03. The molecule has 88 valence electrons. The van der Waals surface area contributed by atoms with E-state index in [4.69, 9.17) is 5.73 Å². The van der Waals surface area contributed by atoms with Gasteiger partial charge in [0.1, 0.15) is 6.33 Å². The number of amides is 1. The van der Waals surface area contributed by atoms with Crippen molar-refractivity contribution in [3.63, 3.8) is 0 Å². The van der Waals surface area contributed by atoms with Gasteiger partial charge in [0.05, 0.1) is 5.56 Å². The first kappa shape index (κ1) is 12.6. The summed E-state index contributed by atoms with van der Waals surface area (Å²) in [6, 6.07) is 0. The molecule has 1 rings (SSSR count). The van der Waals surface area contributed by atoms with Crippen LogP contribution in [-0.2, 0) is 0 Å². The van der Waals surface area contributed by atoms with Gasteiger partial charge in [-0.15, -0.1) is 0 Å². The lowest BCUT2D eigenvalue weighted by molar-refractivity contribution is 0.0739. The highest BCUT2D eigenvalue weighted by Gasteiger charge is 2.21. The van der Waals surface area contributed by atoms with Crippen molar-refractivity contribution < 1.29 is 4.79 Å². The average molecular weight is 222 g/mol. The molecule has 0 radical (unpaired) electrons. The number of carbonyl (C=O) groups is 1. The van der Waals surface area contributed by atoms with Crippen molar-refractivity contribution in [1.82, 2.24) is 14.9 Å². The first-order chi connectivity index (χ1) is 7.46. The lowest BCUT2D eigenvalue weighted by Crippen LogP contribution is -2.39. The molecule has 5 heteroatoms. The first-order valence-electron chi connectivity index (χ1n) is 5.17. The molecule has 0 aliphatic rings. The highest BCUT2D eigenvalue weighted by Crippen LogP contribution is 2.15. The van der Waals surface area contributed by atoms with Crippen LogP contribution in [0.25, 0.3) is 0 Å². The quantitative estimate of drug-likeness (QED) is 0.806. The zero-order valence-electron chi connectivity index (χ0n) is 9.97. The minimum Gasteiger partial charge on any atom is -0.341 e. The van der Waals surface area contributed by atoms with Gasteiger partial charge >= 0.3 is 0 Å². The van der Waals surface area contributed by atoms with E-state index in [9.17, 15) is 4.79 Å². The molecule has 1 aromatic heterocycles. The largest absolute Gasteiger partial charge is 0.341 e. The minimum atomic E-state index is -0.0833. The molecule has 0 bridgehead atoms. The van der Waals surface area contributed by atoms with Gasteiger partial charge in [0, 0.05) is 26.0 Å². The average Bonchev–Trinajstić information content (AvgIpc) is 2.28. The molecule has 0 unspecified atom stereocenters. The van der Waals surface area contributed by atoms with Gasteiger partial charge in [-0.3, -0.25) is 4.79 Å². The fourth-order valence-electron chi connectivity index (χ4n) is 1.41. The molecule has 0 aromatic carbocycles. The normalized spacial score (nSPS) is 11.2. The molecule has 0 saturated heterocycles. The van der Waals surface area contributed by atoms with E-state index in [2.05, 4.69) is 9.97 Å². The maximum Gasteiger partial charge on any atom is 0.256 e. The lowest BCUT2D eigenvalue weighted by atomic mass is 9.93. The van der Waals surface area contributed by atoms with Crippen LogP contribution in [0.4, 0.5) is 0 Å². The lowest BCUT2D eigenvalue weighted by Gasteiger charge is -2.28. The van der Waals surface area contributed by atoms with E-state index >= 15 is 0 Å². The Morgan fingerprint density at radius 2 is 2.00 bits per heavy atom. The van der Waals surface area contributed by atoms with Crippen molar-refractivity contribution in [3.8, 4) is 0 Å². The van der Waals surface area contributed by atoms with Gasteiger partial charge in [-0.05, 0) is 12.0 Å². The van der Waals surface area contributed by atoms with Crippen LogP contribution < -0.4 is 5.73 Å². The number of hydrogen-bond acceptors (Lipinski definition) is 4. The molecule has 1 heterocycles. The zero-order chi connectivity index (χ0) is 12.2. The molecule has 1 amide bonds. The SMILES string of the molecule is CN(CC(C)(C)CN)C(=O)c1cncnc1. The molecule has 1 aromatic rings. The Balaban J connectivity index is 2.69. The van der Waals surface area contributed by atoms with Crippen molar-refractivity contribution in [2.45, 2.75) is 13.8 Å². The number of aromatic nitrogens is 2. The number of nitrogens with zero attached hydrogens (tertiary/aromatic N) is 3. The van der Waals surface area contributed by atoms with Crippen LogP contribution in [0.5, 0.6) is 0 Å². The fraction of sp³-hybridized carbons (Fsp3) is 0.545. The van der Waals surface area contributed by atoms with Crippen molar-refractivity contribution in [2.75, 3.05) is 20.1 Å². The number of carbonyl (C=O) groups excluding carboxylic acids is 1. The second-order valence-electron chi connectivity index (χ2n) is 4.66. The van der Waals surface area contributed by atoms with E-state index in [-0.39, 0.29) is 11.3 Å². The van der Waals surface area contributed by atoms with E-state index in [0.717, 1.165) is 0 Å². The van der Waals surface area contributed by atoms with Gasteiger partial charge in [0.25, 0.3) is 5.91 Å². The molecule has 0 atom stereocenters. The highest BCUT2D eigenvalue weighted by molar-refractivity contribution is 5.93. The van der Waals surface area contributed by atoms with Gasteiger partial charge < -0.3 is 10.6 Å². The maximum absolute atomic E-state index is 11.9. The maximum atomic E-state index is 11.9. The summed E-state index contributed by atoms with van der Waals surface area (Å²) in [7, 11) is 1.76. The minimum absolute atomic E-state index is 0.0814. The Labute approximate surface area is 95.7 Å². The van der Waals surface area contributed by atoms with Gasteiger partial charge in [0.15, 0.2) is 0 Å². The van der Waals surface area contributed by atoms with Crippen molar-refractivity contribution in [3.05, 3.63) is 24.3 Å². The zero-order valence-corrected chi connectivity index (χ0v) is 9.97. The third-order valence-electron chi connectivity index (χ3n) is 2.37. The smallest absolute Gasteiger partial charge is 0.256 e. The number of nitrogens with two attached hydrogens (primary N) is 1. The molecule has 0 aliphatic carbocycles. The van der Waals surface area contributed by atoms with E-state index in [1.807, 2.05) is 13.8 Å². The van der Waals surface area contributed by atoms with Crippen LogP contribution in [0.15, 0.2) is 18.7 Å². The van der Waals surface area contributed by atoms with Crippen molar-refractivity contribution in [1.29, 1.82) is 0 Å². The third-order valence-corrected chi connectivity index (χ3v) is 2.37. The Bertz CT molecular complexity index is 350. The van der Waals surface area contributed by atoms with Gasteiger partial charge in [-0.25, -0.2) is 9.97 Å². The van der Waals surface area contributed by atoms with E-state index in [0.29, 0.717) is 18.7 Å². The van der Waals surface area contributed by atoms with E-state index < -0.39 is 0 Å². The Morgan fingerprint density at radius 3 is 2.50 bits per heavy atom. The van der Waals surface area contributed by atoms with Crippen molar-refractivity contribution >= 4 is 5.91 Å². The Kier molecular flexibility index (Phi) is 3.95. The summed E-state index contributed by atoms with van der Waals surface area (Å²) >= 11 is 0. The summed E-state index contributed by atoms with van der Waals surface area (Å²) in [4.78, 5) is 21.2. The van der Waals surface area contributed by atoms with Crippen LogP contribution >= 0.6 is 0 Å². The van der Waals surface area contributed by atoms with E-state index in [1.165, 1.54) is 18.7 Å². The monoisotopic (exact) mass is 222 g/mol. The summed E-state index contributed by atoms with van der Waals surface area (Å²) < 4.78 is 0. The molecule has 0 aliphatic heterocycles. The predicted molar refractivity (Wildman–Crippen MR) is 61.8 cm³/mol. The Hall–Kier alpha value is -1.49. The van der Waals surface area contributed by atoms with Crippen LogP contribution in [0.1, 0.15) is 24.2 Å². The molecular weight excluding hydrogens is 204 g/mol. The summed E-state index contributed by atoms with van der Waals surface area (Å²) in [5.41, 5.74) is 6.05. The summed E-state index contributed by atoms with van der Waals surface area (Å²) in [6.07, 6.45) is 4.43. The third kappa shape index (κ3) is 3.27. The standard InChI is InChI=1S/C11H18N4O/c1-11(2,6-12)7-15(3)10(16)9-4-13-8-14-5-9/h4-5,8H,6-7,12H2,1-3H3. The first-order valence-corrected chi connectivity index (χ1v) is 5.17. The predicted octanol–water partition coefficient (Wildman–Crippen LogP) is 0.533. The fourth-order valence-corrected chi connectivity index (χ4v) is 1.41.